The fourth-order valence-corrected chi connectivity index (χ4v) is 1.25. The van der Waals surface area contributed by atoms with Crippen molar-refractivity contribution in [1.29, 1.82) is 0 Å². The topological polar surface area (TPSA) is 16.1 Å². The van der Waals surface area contributed by atoms with Gasteiger partial charge in [-0.1, -0.05) is 6.07 Å². The quantitative estimate of drug-likeness (QED) is 0.636. The first-order valence-corrected chi connectivity index (χ1v) is 3.88. The van der Waals surface area contributed by atoms with Gasteiger partial charge in [0.25, 0.3) is 0 Å². The monoisotopic (exact) mass is 168 g/mol. The molecule has 0 aliphatic carbocycles. The van der Waals surface area contributed by atoms with Crippen LogP contribution in [0, 0.1) is 0 Å². The summed E-state index contributed by atoms with van der Waals surface area (Å²) in [5, 5.41) is 0. The van der Waals surface area contributed by atoms with Crippen LogP contribution in [0.3, 0.4) is 0 Å². The molecule has 0 saturated carbocycles. The van der Waals surface area contributed by atoms with Gasteiger partial charge in [-0.2, -0.15) is 0 Å². The molecule has 1 aromatic rings. The van der Waals surface area contributed by atoms with Crippen LogP contribution in [0.4, 0.5) is 0 Å². The molecule has 0 spiro atoms. The molecule has 1 saturated heterocycles. The molecule has 64 valence electrons. The minimum Gasteiger partial charge on any atom is -0.299 e. The van der Waals surface area contributed by atoms with Crippen LogP contribution < -0.4 is 0 Å². The second-order valence-electron chi connectivity index (χ2n) is 2.67. The zero-order chi connectivity index (χ0) is 13.6. The number of hydrogen-bond donors (Lipinski definition) is 0. The van der Waals surface area contributed by atoms with E-state index < -0.39 is 19.4 Å². The molecular formula is C10H14N2. The summed E-state index contributed by atoms with van der Waals surface area (Å²) in [4.78, 5) is 4.79. The van der Waals surface area contributed by atoms with Crippen molar-refractivity contribution < 1.29 is 8.22 Å². The summed E-state index contributed by atoms with van der Waals surface area (Å²) in [6.07, 6.45) is 0.959. The fraction of sp³-hybridized carbons (Fsp3) is 0.500. The standard InChI is InChI=1S/C10H14N2/c1-12-7-3-5-10(12)9-4-2-6-11-8-9/h2,4,6,8,10H,3,5,7H2,1H3/t10-/m0/s1/i1D3,5D2,10D. The molecule has 1 aromatic heterocycles. The van der Waals surface area contributed by atoms with Gasteiger partial charge in [-0.3, -0.25) is 9.88 Å². The van der Waals surface area contributed by atoms with Gasteiger partial charge < -0.3 is 0 Å². The Balaban J connectivity index is 2.54. The largest absolute Gasteiger partial charge is 0.299 e. The first kappa shape index (κ1) is 3.46. The van der Waals surface area contributed by atoms with Crippen LogP contribution in [0.15, 0.2) is 24.5 Å². The Morgan fingerprint density at radius 1 is 1.92 bits per heavy atom. The first-order chi connectivity index (χ1) is 8.19. The molecule has 2 heterocycles. The third-order valence-electron chi connectivity index (χ3n) is 1.83. The minimum absolute atomic E-state index is 0.0176. The highest BCUT2D eigenvalue weighted by molar-refractivity contribution is 5.14. The SMILES string of the molecule is [2H]C([2H])([2H])N1CCC([2H])([2H])[C@@]1([2H])c1cccnc1. The second-order valence-corrected chi connectivity index (χ2v) is 2.67. The number of likely N-dealkylation sites (tertiary alicyclic amines) is 1. The van der Waals surface area contributed by atoms with Crippen LogP contribution in [0.2, 0.25) is 0 Å². The Labute approximate surface area is 81.7 Å². The van der Waals surface area contributed by atoms with E-state index in [1.54, 1.807) is 12.1 Å². The molecule has 2 rings (SSSR count). The third kappa shape index (κ3) is 1.34. The van der Waals surface area contributed by atoms with Crippen LogP contribution >= 0.6 is 0 Å². The van der Waals surface area contributed by atoms with E-state index in [0.29, 0.717) is 0 Å². The van der Waals surface area contributed by atoms with Crippen molar-refractivity contribution in [2.24, 2.45) is 0 Å². The summed E-state index contributed by atoms with van der Waals surface area (Å²) < 4.78 is 46.7. The lowest BCUT2D eigenvalue weighted by molar-refractivity contribution is 0.317. The van der Waals surface area contributed by atoms with Crippen molar-refractivity contribution in [3.63, 3.8) is 0 Å². The molecule has 1 aliphatic heterocycles. The van der Waals surface area contributed by atoms with Gasteiger partial charge in [0.15, 0.2) is 0 Å². The fourth-order valence-electron chi connectivity index (χ4n) is 1.25. The highest BCUT2D eigenvalue weighted by Gasteiger charge is 2.21. The van der Waals surface area contributed by atoms with Gasteiger partial charge in [0, 0.05) is 25.3 Å². The van der Waals surface area contributed by atoms with E-state index >= 15 is 0 Å². The Hall–Kier alpha value is -0.890. The number of hydrogen-bond acceptors (Lipinski definition) is 2. The minimum atomic E-state index is -2.50. The van der Waals surface area contributed by atoms with Gasteiger partial charge in [-0.25, -0.2) is 0 Å². The van der Waals surface area contributed by atoms with Crippen LogP contribution in [-0.4, -0.2) is 23.4 Å². The molecular weight excluding hydrogens is 148 g/mol. The maximum absolute atomic E-state index is 8.39. The second kappa shape index (κ2) is 3.23. The van der Waals surface area contributed by atoms with Crippen molar-refractivity contribution in [3.05, 3.63) is 30.1 Å². The molecule has 1 fully saturated rings. The summed E-state index contributed by atoms with van der Waals surface area (Å²) in [6.45, 7) is -2.47. The van der Waals surface area contributed by atoms with Crippen molar-refractivity contribution in [3.8, 4) is 0 Å². The number of pyridine rings is 1. The van der Waals surface area contributed by atoms with E-state index in [9.17, 15) is 0 Å². The Bertz CT molecular complexity index is 432. The Kier molecular flexibility index (Phi) is 0.933. The number of aromatic nitrogens is 1. The van der Waals surface area contributed by atoms with Crippen LogP contribution in [0.1, 0.15) is 32.6 Å². The summed E-state index contributed by atoms with van der Waals surface area (Å²) in [5.41, 5.74) is 0.267. The van der Waals surface area contributed by atoms with Crippen LogP contribution in [-0.2, 0) is 0 Å². The molecule has 1 atom stereocenters. The van der Waals surface area contributed by atoms with Gasteiger partial charge in [-0.05, 0) is 37.9 Å². The Morgan fingerprint density at radius 3 is 3.67 bits per heavy atom. The van der Waals surface area contributed by atoms with Crippen LogP contribution in [0.25, 0.3) is 0 Å². The van der Waals surface area contributed by atoms with E-state index in [1.807, 2.05) is 0 Å². The molecule has 1 aliphatic rings. The maximum atomic E-state index is 8.39. The molecule has 0 radical (unpaired) electrons. The first-order valence-electron chi connectivity index (χ1n) is 6.88. The summed E-state index contributed by atoms with van der Waals surface area (Å²) in [5.74, 6) is 0. The highest BCUT2D eigenvalue weighted by atomic mass is 15.1. The van der Waals surface area contributed by atoms with Crippen molar-refractivity contribution >= 4 is 0 Å². The lowest BCUT2D eigenvalue weighted by Crippen LogP contribution is -2.17. The van der Waals surface area contributed by atoms with E-state index in [1.165, 1.54) is 12.4 Å². The van der Waals surface area contributed by atoms with Gasteiger partial charge >= 0.3 is 0 Å². The van der Waals surface area contributed by atoms with Gasteiger partial charge in [0.1, 0.15) is 0 Å². The normalized spacial score (nSPS) is 43.3. The van der Waals surface area contributed by atoms with Crippen molar-refractivity contribution in [1.82, 2.24) is 9.88 Å². The third-order valence-corrected chi connectivity index (χ3v) is 1.83. The lowest BCUT2D eigenvalue weighted by Gasteiger charge is -2.18. The molecule has 0 amide bonds. The summed E-state index contributed by atoms with van der Waals surface area (Å²) >= 11 is 0. The van der Waals surface area contributed by atoms with Gasteiger partial charge in [0.2, 0.25) is 0 Å². The smallest absolute Gasteiger partial charge is 0.0519 e. The van der Waals surface area contributed by atoms with E-state index in [0.717, 1.165) is 4.90 Å². The predicted octanol–water partition coefficient (Wildman–Crippen LogP) is 1.85. The zero-order valence-electron chi connectivity index (χ0n) is 12.6. The molecule has 2 nitrogen and oxygen atoms in total. The molecule has 0 aromatic carbocycles. The lowest BCUT2D eigenvalue weighted by atomic mass is 10.1. The molecule has 0 unspecified atom stereocenters. The highest BCUT2D eigenvalue weighted by Crippen LogP contribution is 2.29. The summed E-state index contributed by atoms with van der Waals surface area (Å²) in [6, 6.07) is 1.20. The van der Waals surface area contributed by atoms with E-state index in [4.69, 9.17) is 8.22 Å². The number of rotatable bonds is 1. The average Bonchev–Trinajstić information content (AvgIpc) is 2.52. The van der Waals surface area contributed by atoms with Gasteiger partial charge in [-0.15, -0.1) is 0 Å². The molecule has 12 heavy (non-hydrogen) atoms. The molecule has 0 bridgehead atoms. The van der Waals surface area contributed by atoms with E-state index in [-0.39, 0.29) is 18.5 Å². The van der Waals surface area contributed by atoms with Crippen LogP contribution in [0.5, 0.6) is 0 Å². The molecule has 0 N–H and O–H groups in total. The number of nitrogens with zero attached hydrogens (tertiary/aromatic N) is 2. The molecule has 2 heteroatoms. The van der Waals surface area contributed by atoms with E-state index in [2.05, 4.69) is 4.98 Å². The Morgan fingerprint density at radius 2 is 2.92 bits per heavy atom. The van der Waals surface area contributed by atoms with Gasteiger partial charge in [0.05, 0.1) is 1.37 Å². The zero-order valence-corrected chi connectivity index (χ0v) is 6.62. The maximum Gasteiger partial charge on any atom is 0.0519 e. The predicted molar refractivity (Wildman–Crippen MR) is 48.8 cm³/mol. The summed E-state index contributed by atoms with van der Waals surface area (Å²) in [7, 11) is 0. The van der Waals surface area contributed by atoms with Crippen molar-refractivity contribution in [2.75, 3.05) is 13.5 Å². The van der Waals surface area contributed by atoms with Crippen molar-refractivity contribution in [2.45, 2.75) is 18.8 Å². The average molecular weight is 168 g/mol.